The van der Waals surface area contributed by atoms with Crippen LogP contribution < -0.4 is 0 Å². The fraction of sp³-hybridized carbons (Fsp3) is 0.294. The molecule has 3 nitrogen and oxygen atoms in total. The average molecular weight is 284 g/mol. The summed E-state index contributed by atoms with van der Waals surface area (Å²) in [5.41, 5.74) is 3.93. The summed E-state index contributed by atoms with van der Waals surface area (Å²) in [5.74, 6) is -0.235. The van der Waals surface area contributed by atoms with Gasteiger partial charge in [-0.05, 0) is 42.7 Å². The van der Waals surface area contributed by atoms with E-state index in [0.717, 1.165) is 11.1 Å². The quantitative estimate of drug-likeness (QED) is 0.935. The van der Waals surface area contributed by atoms with Crippen molar-refractivity contribution < 1.29 is 9.50 Å². The van der Waals surface area contributed by atoms with Gasteiger partial charge in [-0.15, -0.1) is 0 Å². The number of hydrogen-bond acceptors (Lipinski definition) is 3. The molecule has 0 radical (unpaired) electrons. The number of nitriles is 1. The lowest BCUT2D eigenvalue weighted by atomic mass is 9.89. The first kappa shape index (κ1) is 15.1. The van der Waals surface area contributed by atoms with Crippen molar-refractivity contribution in [1.29, 1.82) is 5.26 Å². The van der Waals surface area contributed by atoms with Gasteiger partial charge >= 0.3 is 0 Å². The van der Waals surface area contributed by atoms with Crippen molar-refractivity contribution in [3.63, 3.8) is 0 Å². The predicted molar refractivity (Wildman–Crippen MR) is 79.1 cm³/mol. The summed E-state index contributed by atoms with van der Waals surface area (Å²) in [4.78, 5) is 4.45. The van der Waals surface area contributed by atoms with Gasteiger partial charge < -0.3 is 5.11 Å². The zero-order valence-electron chi connectivity index (χ0n) is 12.3. The molecule has 2 aromatic rings. The fourth-order valence-corrected chi connectivity index (χ4v) is 2.55. The number of benzene rings is 1. The molecule has 0 aliphatic heterocycles. The van der Waals surface area contributed by atoms with Gasteiger partial charge in [0.1, 0.15) is 11.9 Å². The molecule has 4 heteroatoms. The molecule has 0 atom stereocenters. The average Bonchev–Trinajstić information content (AvgIpc) is 2.46. The number of pyridine rings is 1. The van der Waals surface area contributed by atoms with E-state index >= 15 is 0 Å². The van der Waals surface area contributed by atoms with Crippen molar-refractivity contribution in [2.75, 3.05) is 0 Å². The van der Waals surface area contributed by atoms with E-state index in [1.54, 1.807) is 19.1 Å². The van der Waals surface area contributed by atoms with Gasteiger partial charge in [-0.25, -0.2) is 4.39 Å². The van der Waals surface area contributed by atoms with Gasteiger partial charge in [-0.3, -0.25) is 4.98 Å². The first-order chi connectivity index (χ1) is 9.99. The molecule has 0 bridgehead atoms. The van der Waals surface area contributed by atoms with Crippen LogP contribution in [0.15, 0.2) is 24.3 Å². The van der Waals surface area contributed by atoms with Crippen molar-refractivity contribution in [3.05, 3.63) is 52.5 Å². The molecule has 1 heterocycles. The van der Waals surface area contributed by atoms with Gasteiger partial charge in [-0.2, -0.15) is 5.26 Å². The molecule has 0 aliphatic rings. The Labute approximate surface area is 123 Å². The number of hydrogen-bond donors (Lipinski definition) is 1. The third kappa shape index (κ3) is 2.79. The Kier molecular flexibility index (Phi) is 4.35. The number of nitrogens with zero attached hydrogens (tertiary/aromatic N) is 2. The van der Waals surface area contributed by atoms with Crippen LogP contribution in [0.5, 0.6) is 0 Å². The van der Waals surface area contributed by atoms with Gasteiger partial charge in [0.25, 0.3) is 0 Å². The summed E-state index contributed by atoms with van der Waals surface area (Å²) in [6.45, 7) is 5.52. The molecule has 0 saturated carbocycles. The largest absolute Gasteiger partial charge is 0.392 e. The maximum absolute atomic E-state index is 13.1. The van der Waals surface area contributed by atoms with E-state index in [-0.39, 0.29) is 18.3 Å². The second kappa shape index (κ2) is 6.02. The molecule has 1 N–H and O–H groups in total. The summed E-state index contributed by atoms with van der Waals surface area (Å²) in [6, 6.07) is 8.16. The lowest BCUT2D eigenvalue weighted by Gasteiger charge is -2.18. The van der Waals surface area contributed by atoms with Gasteiger partial charge in [-0.1, -0.05) is 13.8 Å². The molecular formula is C17H17FN2O. The van der Waals surface area contributed by atoms with Crippen LogP contribution in [0.3, 0.4) is 0 Å². The molecular weight excluding hydrogens is 267 g/mol. The number of aromatic nitrogens is 1. The minimum atomic E-state index is -0.321. The normalized spacial score (nSPS) is 10.7. The van der Waals surface area contributed by atoms with Crippen molar-refractivity contribution in [1.82, 2.24) is 4.98 Å². The van der Waals surface area contributed by atoms with Crippen LogP contribution in [0, 0.1) is 24.1 Å². The maximum Gasteiger partial charge on any atom is 0.123 e. The Morgan fingerprint density at radius 1 is 1.29 bits per heavy atom. The Bertz CT molecular complexity index is 700. The highest BCUT2D eigenvalue weighted by Crippen LogP contribution is 2.32. The highest BCUT2D eigenvalue weighted by atomic mass is 19.1. The summed E-state index contributed by atoms with van der Waals surface area (Å²) in [7, 11) is 0. The Morgan fingerprint density at radius 3 is 2.38 bits per heavy atom. The van der Waals surface area contributed by atoms with Gasteiger partial charge in [0.2, 0.25) is 0 Å². The smallest absolute Gasteiger partial charge is 0.123 e. The highest BCUT2D eigenvalue weighted by Gasteiger charge is 2.20. The van der Waals surface area contributed by atoms with E-state index in [0.29, 0.717) is 22.5 Å². The number of aliphatic hydroxyl groups is 1. The third-order valence-electron chi connectivity index (χ3n) is 3.49. The van der Waals surface area contributed by atoms with E-state index in [9.17, 15) is 14.8 Å². The summed E-state index contributed by atoms with van der Waals surface area (Å²) in [5, 5.41) is 19.1. The van der Waals surface area contributed by atoms with Crippen molar-refractivity contribution >= 4 is 0 Å². The first-order valence-electron chi connectivity index (χ1n) is 6.79. The zero-order chi connectivity index (χ0) is 15.6. The molecule has 2 rings (SSSR count). The maximum atomic E-state index is 13.1. The minimum Gasteiger partial charge on any atom is -0.392 e. The van der Waals surface area contributed by atoms with E-state index in [1.807, 2.05) is 13.8 Å². The fourth-order valence-electron chi connectivity index (χ4n) is 2.55. The molecule has 0 aliphatic carbocycles. The molecule has 108 valence electrons. The Morgan fingerprint density at radius 2 is 1.90 bits per heavy atom. The SMILES string of the molecule is Cc1nc(-c2ccc(F)cc2)c(CO)c(C(C)C)c1C#N. The lowest BCUT2D eigenvalue weighted by Crippen LogP contribution is -2.08. The van der Waals surface area contributed by atoms with Crippen LogP contribution in [-0.2, 0) is 6.61 Å². The van der Waals surface area contributed by atoms with E-state index in [2.05, 4.69) is 11.1 Å². The monoisotopic (exact) mass is 284 g/mol. The standard InChI is InChI=1S/C17H17FN2O/c1-10(2)16-14(8-19)11(3)20-17(15(16)9-21)12-4-6-13(18)7-5-12/h4-7,10,21H,9H2,1-3H3. The highest BCUT2D eigenvalue weighted by molar-refractivity contribution is 5.67. The van der Waals surface area contributed by atoms with Crippen LogP contribution >= 0.6 is 0 Å². The number of halogens is 1. The lowest BCUT2D eigenvalue weighted by molar-refractivity contribution is 0.280. The summed E-state index contributed by atoms with van der Waals surface area (Å²) in [6.07, 6.45) is 0. The molecule has 0 spiro atoms. The second-order valence-corrected chi connectivity index (χ2v) is 5.24. The van der Waals surface area contributed by atoms with Gasteiger partial charge in [0.05, 0.1) is 23.6 Å². The van der Waals surface area contributed by atoms with Crippen LogP contribution in [-0.4, -0.2) is 10.1 Å². The molecule has 21 heavy (non-hydrogen) atoms. The van der Waals surface area contributed by atoms with Crippen molar-refractivity contribution in [2.24, 2.45) is 0 Å². The Hall–Kier alpha value is -2.25. The second-order valence-electron chi connectivity index (χ2n) is 5.24. The van der Waals surface area contributed by atoms with E-state index in [4.69, 9.17) is 0 Å². The van der Waals surface area contributed by atoms with Crippen LogP contribution in [0.4, 0.5) is 4.39 Å². The van der Waals surface area contributed by atoms with E-state index < -0.39 is 0 Å². The zero-order valence-corrected chi connectivity index (χ0v) is 12.3. The number of rotatable bonds is 3. The minimum absolute atomic E-state index is 0.0858. The van der Waals surface area contributed by atoms with Crippen LogP contribution in [0.2, 0.25) is 0 Å². The molecule has 1 aromatic heterocycles. The summed E-state index contributed by atoms with van der Waals surface area (Å²) >= 11 is 0. The summed E-state index contributed by atoms with van der Waals surface area (Å²) < 4.78 is 13.1. The van der Waals surface area contributed by atoms with Gasteiger partial charge in [0.15, 0.2) is 0 Å². The van der Waals surface area contributed by atoms with Crippen LogP contribution in [0.1, 0.15) is 42.1 Å². The molecule has 0 fully saturated rings. The molecule has 1 aromatic carbocycles. The van der Waals surface area contributed by atoms with E-state index in [1.165, 1.54) is 12.1 Å². The molecule has 0 amide bonds. The number of aryl methyl sites for hydroxylation is 1. The van der Waals surface area contributed by atoms with Crippen LogP contribution in [0.25, 0.3) is 11.3 Å². The number of aliphatic hydroxyl groups excluding tert-OH is 1. The molecule has 0 saturated heterocycles. The molecule has 0 unspecified atom stereocenters. The van der Waals surface area contributed by atoms with Crippen molar-refractivity contribution in [2.45, 2.75) is 33.3 Å². The third-order valence-corrected chi connectivity index (χ3v) is 3.49. The Balaban J connectivity index is 2.78. The van der Waals surface area contributed by atoms with Crippen molar-refractivity contribution in [3.8, 4) is 17.3 Å². The predicted octanol–water partition coefficient (Wildman–Crippen LogP) is 3.68. The topological polar surface area (TPSA) is 56.9 Å². The first-order valence-corrected chi connectivity index (χ1v) is 6.79. The van der Waals surface area contributed by atoms with Gasteiger partial charge in [0, 0.05) is 11.1 Å².